The number of para-hydroxylation sites is 1. The standard InChI is InChI=1S/C30H29N3O2/c34-30(32-35)16-13-22-9-11-23(12-10-22)20-33(21-26-15-14-24-5-1-2-6-27(24)26)18-17-25-19-31-29-8-4-3-7-28(25)29/h1-13,15-16,19,31,35H,14,17-18,20-21H2,(H,32,34)/b16-13+. The number of hydroxylamine groups is 1. The van der Waals surface area contributed by atoms with Gasteiger partial charge in [0.2, 0.25) is 0 Å². The van der Waals surface area contributed by atoms with Crippen LogP contribution >= 0.6 is 0 Å². The number of hydrogen-bond acceptors (Lipinski definition) is 3. The lowest BCUT2D eigenvalue weighted by Crippen LogP contribution is -2.27. The second-order valence-electron chi connectivity index (χ2n) is 8.96. The van der Waals surface area contributed by atoms with Crippen LogP contribution in [0.4, 0.5) is 0 Å². The lowest BCUT2D eigenvalue weighted by molar-refractivity contribution is -0.124. The summed E-state index contributed by atoms with van der Waals surface area (Å²) in [6.45, 7) is 2.68. The van der Waals surface area contributed by atoms with E-state index in [1.807, 2.05) is 12.1 Å². The van der Waals surface area contributed by atoms with Crippen molar-refractivity contribution < 1.29 is 10.0 Å². The number of H-pyrrole nitrogens is 1. The third kappa shape index (κ3) is 5.43. The molecule has 5 heteroatoms. The van der Waals surface area contributed by atoms with Crippen molar-refractivity contribution >= 4 is 28.5 Å². The first-order valence-corrected chi connectivity index (χ1v) is 12.0. The van der Waals surface area contributed by atoms with Gasteiger partial charge in [-0.1, -0.05) is 72.8 Å². The Hall–Kier alpha value is -3.93. The van der Waals surface area contributed by atoms with Crippen LogP contribution in [0.2, 0.25) is 0 Å². The predicted molar refractivity (Wildman–Crippen MR) is 141 cm³/mol. The number of aromatic amines is 1. The zero-order valence-corrected chi connectivity index (χ0v) is 19.6. The van der Waals surface area contributed by atoms with E-state index in [1.54, 1.807) is 11.6 Å². The average molecular weight is 464 g/mol. The highest BCUT2D eigenvalue weighted by Gasteiger charge is 2.17. The number of carbonyl (C=O) groups is 1. The molecule has 35 heavy (non-hydrogen) atoms. The number of aromatic nitrogens is 1. The average Bonchev–Trinajstić information content (AvgIpc) is 3.51. The largest absolute Gasteiger partial charge is 0.361 e. The Morgan fingerprint density at radius 1 is 1.00 bits per heavy atom. The van der Waals surface area contributed by atoms with Crippen LogP contribution in [0.5, 0.6) is 0 Å². The van der Waals surface area contributed by atoms with Gasteiger partial charge in [0.15, 0.2) is 0 Å². The molecular weight excluding hydrogens is 434 g/mol. The van der Waals surface area contributed by atoms with Crippen LogP contribution in [0, 0.1) is 0 Å². The van der Waals surface area contributed by atoms with Crippen molar-refractivity contribution in [3.05, 3.63) is 119 Å². The first kappa shape index (κ1) is 22.8. The van der Waals surface area contributed by atoms with E-state index in [1.165, 1.54) is 44.8 Å². The van der Waals surface area contributed by atoms with Crippen LogP contribution in [0.15, 0.2) is 91.1 Å². The maximum Gasteiger partial charge on any atom is 0.267 e. The maximum atomic E-state index is 11.2. The van der Waals surface area contributed by atoms with Crippen molar-refractivity contribution in [2.75, 3.05) is 13.1 Å². The van der Waals surface area contributed by atoms with E-state index >= 15 is 0 Å². The van der Waals surface area contributed by atoms with Gasteiger partial charge in [0.05, 0.1) is 0 Å². The third-order valence-corrected chi connectivity index (χ3v) is 6.62. The molecule has 3 aromatic carbocycles. The van der Waals surface area contributed by atoms with Crippen molar-refractivity contribution in [2.24, 2.45) is 0 Å². The summed E-state index contributed by atoms with van der Waals surface area (Å²) in [5.74, 6) is -0.539. The van der Waals surface area contributed by atoms with Gasteiger partial charge in [0.1, 0.15) is 0 Å². The molecule has 0 bridgehead atoms. The Labute approximate surface area is 205 Å². The Morgan fingerprint density at radius 3 is 2.66 bits per heavy atom. The van der Waals surface area contributed by atoms with Gasteiger partial charge >= 0.3 is 0 Å². The number of rotatable bonds is 9. The molecule has 1 heterocycles. The first-order chi connectivity index (χ1) is 17.2. The number of hydrogen-bond donors (Lipinski definition) is 3. The molecule has 5 rings (SSSR count). The van der Waals surface area contributed by atoms with Gasteiger partial charge in [-0.15, -0.1) is 0 Å². The highest BCUT2D eigenvalue weighted by atomic mass is 16.5. The first-order valence-electron chi connectivity index (χ1n) is 12.0. The quantitative estimate of drug-likeness (QED) is 0.178. The van der Waals surface area contributed by atoms with E-state index in [2.05, 4.69) is 82.8 Å². The molecular formula is C30H29N3O2. The van der Waals surface area contributed by atoms with Crippen molar-refractivity contribution in [3.8, 4) is 0 Å². The zero-order chi connectivity index (χ0) is 24.0. The Balaban J connectivity index is 1.32. The lowest BCUT2D eigenvalue weighted by Gasteiger charge is -2.24. The fraction of sp³-hybridized carbons (Fsp3) is 0.167. The number of amides is 1. The van der Waals surface area contributed by atoms with E-state index in [0.717, 1.165) is 38.0 Å². The number of allylic oxidation sites excluding steroid dienone is 1. The maximum absolute atomic E-state index is 11.2. The molecule has 1 aliphatic rings. The molecule has 0 fully saturated rings. The molecule has 176 valence electrons. The Morgan fingerprint density at radius 2 is 1.80 bits per heavy atom. The van der Waals surface area contributed by atoms with Crippen LogP contribution in [-0.4, -0.2) is 34.1 Å². The number of nitrogens with zero attached hydrogens (tertiary/aromatic N) is 1. The van der Waals surface area contributed by atoms with E-state index in [-0.39, 0.29) is 0 Å². The van der Waals surface area contributed by atoms with Crippen LogP contribution < -0.4 is 5.48 Å². The van der Waals surface area contributed by atoms with Gasteiger partial charge in [0, 0.05) is 42.8 Å². The minimum absolute atomic E-state index is 0.539. The summed E-state index contributed by atoms with van der Waals surface area (Å²) in [5.41, 5.74) is 10.4. The van der Waals surface area contributed by atoms with Gasteiger partial charge in [-0.3, -0.25) is 14.9 Å². The van der Waals surface area contributed by atoms with Gasteiger partial charge in [-0.25, -0.2) is 5.48 Å². The molecule has 1 aliphatic carbocycles. The number of fused-ring (bicyclic) bond motifs is 2. The molecule has 0 saturated heterocycles. The van der Waals surface area contributed by atoms with E-state index in [4.69, 9.17) is 5.21 Å². The fourth-order valence-corrected chi connectivity index (χ4v) is 4.78. The van der Waals surface area contributed by atoms with Gasteiger partial charge in [-0.2, -0.15) is 0 Å². The summed E-state index contributed by atoms with van der Waals surface area (Å²) in [6, 6.07) is 25.4. The van der Waals surface area contributed by atoms with Gasteiger partial charge < -0.3 is 4.98 Å². The highest BCUT2D eigenvalue weighted by molar-refractivity contribution is 5.90. The molecule has 3 N–H and O–H groups in total. The zero-order valence-electron chi connectivity index (χ0n) is 19.6. The van der Waals surface area contributed by atoms with Crippen LogP contribution in [0.25, 0.3) is 22.6 Å². The third-order valence-electron chi connectivity index (χ3n) is 6.62. The molecule has 0 radical (unpaired) electrons. The van der Waals surface area contributed by atoms with E-state index in [9.17, 15) is 4.79 Å². The van der Waals surface area contributed by atoms with Crippen molar-refractivity contribution in [1.29, 1.82) is 0 Å². The molecule has 1 aromatic heterocycles. The SMILES string of the molecule is O=C(/C=C/c1ccc(CN(CCc2c[nH]c3ccccc23)CC2=CCc3ccccc32)cc1)NO. The monoisotopic (exact) mass is 463 g/mol. The summed E-state index contributed by atoms with van der Waals surface area (Å²) in [6.07, 6.45) is 9.47. The molecule has 0 unspecified atom stereocenters. The van der Waals surface area contributed by atoms with Crippen LogP contribution in [0.1, 0.15) is 27.8 Å². The number of nitrogens with one attached hydrogen (secondary N) is 2. The molecule has 1 amide bonds. The summed E-state index contributed by atoms with van der Waals surface area (Å²) in [5, 5.41) is 9.94. The second kappa shape index (κ2) is 10.6. The van der Waals surface area contributed by atoms with Crippen molar-refractivity contribution in [1.82, 2.24) is 15.4 Å². The van der Waals surface area contributed by atoms with Crippen molar-refractivity contribution in [3.63, 3.8) is 0 Å². The summed E-state index contributed by atoms with van der Waals surface area (Å²) in [4.78, 5) is 17.2. The molecule has 0 saturated carbocycles. The molecule has 4 aromatic rings. The number of carbonyl (C=O) groups excluding carboxylic acids is 1. The highest BCUT2D eigenvalue weighted by Crippen LogP contribution is 2.28. The van der Waals surface area contributed by atoms with E-state index < -0.39 is 5.91 Å². The fourth-order valence-electron chi connectivity index (χ4n) is 4.78. The van der Waals surface area contributed by atoms with Gasteiger partial charge in [-0.05, 0) is 58.4 Å². The normalized spacial score (nSPS) is 12.9. The summed E-state index contributed by atoms with van der Waals surface area (Å²) < 4.78 is 0. The smallest absolute Gasteiger partial charge is 0.267 e. The van der Waals surface area contributed by atoms with E-state index in [0.29, 0.717) is 0 Å². The predicted octanol–water partition coefficient (Wildman–Crippen LogP) is 5.37. The van der Waals surface area contributed by atoms with Crippen LogP contribution in [0.3, 0.4) is 0 Å². The van der Waals surface area contributed by atoms with Crippen molar-refractivity contribution in [2.45, 2.75) is 19.4 Å². The second-order valence-corrected chi connectivity index (χ2v) is 8.96. The topological polar surface area (TPSA) is 68.4 Å². The summed E-state index contributed by atoms with van der Waals surface area (Å²) >= 11 is 0. The summed E-state index contributed by atoms with van der Waals surface area (Å²) in [7, 11) is 0. The number of benzene rings is 3. The Bertz CT molecular complexity index is 1380. The minimum Gasteiger partial charge on any atom is -0.361 e. The van der Waals surface area contributed by atoms with Crippen LogP contribution in [-0.2, 0) is 24.2 Å². The molecule has 0 aliphatic heterocycles. The molecule has 5 nitrogen and oxygen atoms in total. The molecule has 0 atom stereocenters. The molecule has 0 spiro atoms. The van der Waals surface area contributed by atoms with Gasteiger partial charge in [0.25, 0.3) is 5.91 Å². The lowest BCUT2D eigenvalue weighted by atomic mass is 10.0. The minimum atomic E-state index is -0.539. The Kier molecular flexibility index (Phi) is 6.89.